The number of rotatable bonds is 4. The van der Waals surface area contributed by atoms with Crippen molar-refractivity contribution in [3.63, 3.8) is 0 Å². The van der Waals surface area contributed by atoms with E-state index in [1.807, 2.05) is 12.3 Å². The van der Waals surface area contributed by atoms with Gasteiger partial charge in [0.1, 0.15) is 12.1 Å². The molecule has 7 nitrogen and oxygen atoms in total. The van der Waals surface area contributed by atoms with Crippen LogP contribution in [0.5, 0.6) is 0 Å². The molecule has 150 valence electrons. The van der Waals surface area contributed by atoms with E-state index in [0.717, 1.165) is 59.3 Å². The first kappa shape index (κ1) is 19.1. The third-order valence-corrected chi connectivity index (χ3v) is 5.50. The molecule has 1 aromatic carbocycles. The fourth-order valence-electron chi connectivity index (χ4n) is 4.03. The zero-order valence-electron chi connectivity index (χ0n) is 16.9. The molecule has 3 heterocycles. The van der Waals surface area contributed by atoms with Crippen molar-refractivity contribution in [2.24, 2.45) is 5.92 Å². The summed E-state index contributed by atoms with van der Waals surface area (Å²) in [5, 5.41) is 6.61. The Labute approximate surface area is 170 Å². The topological polar surface area (TPSA) is 83.0 Å². The van der Waals surface area contributed by atoms with E-state index in [4.69, 9.17) is 0 Å². The van der Waals surface area contributed by atoms with E-state index in [0.29, 0.717) is 12.5 Å². The highest BCUT2D eigenvalue weighted by Crippen LogP contribution is 2.32. The van der Waals surface area contributed by atoms with Crippen molar-refractivity contribution in [1.29, 1.82) is 0 Å². The lowest BCUT2D eigenvalue weighted by Crippen LogP contribution is -2.43. The predicted molar refractivity (Wildman–Crippen MR) is 115 cm³/mol. The maximum atomic E-state index is 11.5. The lowest BCUT2D eigenvalue weighted by atomic mass is 9.97. The van der Waals surface area contributed by atoms with Gasteiger partial charge in [0, 0.05) is 50.0 Å². The van der Waals surface area contributed by atoms with Gasteiger partial charge in [-0.2, -0.15) is 0 Å². The summed E-state index contributed by atoms with van der Waals surface area (Å²) in [6, 6.07) is 8.21. The Morgan fingerprint density at radius 1 is 1.28 bits per heavy atom. The molecule has 1 atom stereocenters. The van der Waals surface area contributed by atoms with Gasteiger partial charge in [-0.1, -0.05) is 6.07 Å². The number of nitrogens with zero attached hydrogens (tertiary/aromatic N) is 4. The first-order chi connectivity index (χ1) is 14.2. The van der Waals surface area contributed by atoms with Gasteiger partial charge in [-0.05, 0) is 55.0 Å². The van der Waals surface area contributed by atoms with E-state index in [9.17, 15) is 4.79 Å². The zero-order valence-corrected chi connectivity index (χ0v) is 16.9. The maximum absolute atomic E-state index is 11.5. The van der Waals surface area contributed by atoms with Gasteiger partial charge in [-0.15, -0.1) is 0 Å². The Morgan fingerprint density at radius 3 is 2.97 bits per heavy atom. The highest BCUT2D eigenvalue weighted by molar-refractivity contribution is 5.95. The Morgan fingerprint density at radius 2 is 2.17 bits per heavy atom. The van der Waals surface area contributed by atoms with Gasteiger partial charge in [-0.3, -0.25) is 4.98 Å². The standard InChI is InChI=1S/C22H26N6O/c1-15-9-18(17-6-3-7-24-12-17)10-19-20(15)26-14-27-21(19)28-8-4-5-16(13-28)11-25-22(29)23-2/h3,6-7,9-10,12,14,16H,4-5,8,11,13H2,1-2H3,(H2,23,25,29). The summed E-state index contributed by atoms with van der Waals surface area (Å²) in [6.45, 7) is 4.58. The van der Waals surface area contributed by atoms with E-state index in [-0.39, 0.29) is 6.03 Å². The van der Waals surface area contributed by atoms with Gasteiger partial charge in [0.05, 0.1) is 5.52 Å². The highest BCUT2D eigenvalue weighted by Gasteiger charge is 2.23. The third kappa shape index (κ3) is 4.13. The van der Waals surface area contributed by atoms with Crippen LogP contribution in [0.25, 0.3) is 22.0 Å². The minimum Gasteiger partial charge on any atom is -0.356 e. The van der Waals surface area contributed by atoms with Crippen LogP contribution in [-0.4, -0.2) is 47.7 Å². The fraction of sp³-hybridized carbons (Fsp3) is 0.364. The number of piperidine rings is 1. The summed E-state index contributed by atoms with van der Waals surface area (Å²) >= 11 is 0. The number of anilines is 1. The first-order valence-corrected chi connectivity index (χ1v) is 10.0. The summed E-state index contributed by atoms with van der Waals surface area (Å²) in [6.07, 6.45) is 7.50. The third-order valence-electron chi connectivity index (χ3n) is 5.50. The second-order valence-corrected chi connectivity index (χ2v) is 7.54. The molecule has 1 aliphatic rings. The van der Waals surface area contributed by atoms with Gasteiger partial charge < -0.3 is 15.5 Å². The number of fused-ring (bicyclic) bond motifs is 1. The summed E-state index contributed by atoms with van der Waals surface area (Å²) in [5.41, 5.74) is 4.31. The molecule has 1 saturated heterocycles. The van der Waals surface area contributed by atoms with E-state index in [2.05, 4.69) is 55.6 Å². The van der Waals surface area contributed by atoms with Crippen molar-refractivity contribution in [2.75, 3.05) is 31.6 Å². The number of carbonyl (C=O) groups excluding carboxylic acids is 1. The number of hydrogen-bond acceptors (Lipinski definition) is 5. The van der Waals surface area contributed by atoms with Crippen LogP contribution in [0.1, 0.15) is 18.4 Å². The Hall–Kier alpha value is -3.22. The van der Waals surface area contributed by atoms with Crippen molar-refractivity contribution in [2.45, 2.75) is 19.8 Å². The average Bonchev–Trinajstić information content (AvgIpc) is 2.78. The molecule has 2 amide bonds. The predicted octanol–water partition coefficient (Wildman–Crippen LogP) is 3.15. The number of urea groups is 1. The van der Waals surface area contributed by atoms with Crippen molar-refractivity contribution in [3.05, 3.63) is 48.5 Å². The van der Waals surface area contributed by atoms with Crippen molar-refractivity contribution < 1.29 is 4.79 Å². The van der Waals surface area contributed by atoms with Gasteiger partial charge >= 0.3 is 6.03 Å². The van der Waals surface area contributed by atoms with Crippen molar-refractivity contribution in [1.82, 2.24) is 25.6 Å². The molecule has 2 N–H and O–H groups in total. The number of benzene rings is 1. The number of hydrogen-bond donors (Lipinski definition) is 2. The number of amides is 2. The molecule has 1 aliphatic heterocycles. The van der Waals surface area contributed by atoms with Crippen LogP contribution >= 0.6 is 0 Å². The number of carbonyl (C=O) groups is 1. The van der Waals surface area contributed by atoms with Crippen LogP contribution in [0.2, 0.25) is 0 Å². The highest BCUT2D eigenvalue weighted by atomic mass is 16.2. The molecule has 0 saturated carbocycles. The van der Waals surface area contributed by atoms with E-state index in [1.54, 1.807) is 19.6 Å². The number of nitrogens with one attached hydrogen (secondary N) is 2. The molecule has 1 unspecified atom stereocenters. The lowest BCUT2D eigenvalue weighted by molar-refractivity contribution is 0.240. The van der Waals surface area contributed by atoms with Crippen LogP contribution in [0.4, 0.5) is 10.6 Å². The zero-order chi connectivity index (χ0) is 20.2. The number of aryl methyl sites for hydroxylation is 1. The molecule has 2 aromatic heterocycles. The molecule has 0 aliphatic carbocycles. The summed E-state index contributed by atoms with van der Waals surface area (Å²) in [4.78, 5) is 27.3. The van der Waals surface area contributed by atoms with Crippen LogP contribution < -0.4 is 15.5 Å². The van der Waals surface area contributed by atoms with Crippen LogP contribution in [-0.2, 0) is 0 Å². The van der Waals surface area contributed by atoms with Gasteiger partial charge in [0.25, 0.3) is 0 Å². The maximum Gasteiger partial charge on any atom is 0.314 e. The minimum absolute atomic E-state index is 0.133. The fourth-order valence-corrected chi connectivity index (χ4v) is 4.03. The smallest absolute Gasteiger partial charge is 0.314 e. The van der Waals surface area contributed by atoms with Gasteiger partial charge in [-0.25, -0.2) is 14.8 Å². The number of aromatic nitrogens is 3. The lowest BCUT2D eigenvalue weighted by Gasteiger charge is -2.34. The normalized spacial score (nSPS) is 16.6. The molecule has 0 spiro atoms. The molecular weight excluding hydrogens is 364 g/mol. The summed E-state index contributed by atoms with van der Waals surface area (Å²) in [5.74, 6) is 1.36. The SMILES string of the molecule is CNC(=O)NCC1CCCN(c2ncnc3c(C)cc(-c4cccnc4)cc23)C1. The molecule has 0 bridgehead atoms. The molecular formula is C22H26N6O. The van der Waals surface area contributed by atoms with E-state index in [1.165, 1.54) is 0 Å². The molecule has 7 heteroatoms. The molecule has 1 fully saturated rings. The Kier molecular flexibility index (Phi) is 5.55. The second kappa shape index (κ2) is 8.43. The van der Waals surface area contributed by atoms with Crippen molar-refractivity contribution in [3.8, 4) is 11.1 Å². The Balaban J connectivity index is 1.66. The molecule has 0 radical (unpaired) electrons. The van der Waals surface area contributed by atoms with Crippen LogP contribution in [0.3, 0.4) is 0 Å². The second-order valence-electron chi connectivity index (χ2n) is 7.54. The quantitative estimate of drug-likeness (QED) is 0.715. The molecule has 29 heavy (non-hydrogen) atoms. The first-order valence-electron chi connectivity index (χ1n) is 10.0. The molecule has 3 aromatic rings. The van der Waals surface area contributed by atoms with Gasteiger partial charge in [0.2, 0.25) is 0 Å². The monoisotopic (exact) mass is 390 g/mol. The minimum atomic E-state index is -0.133. The van der Waals surface area contributed by atoms with E-state index < -0.39 is 0 Å². The summed E-state index contributed by atoms with van der Waals surface area (Å²) in [7, 11) is 1.64. The number of pyridine rings is 1. The largest absolute Gasteiger partial charge is 0.356 e. The van der Waals surface area contributed by atoms with Crippen LogP contribution in [0, 0.1) is 12.8 Å². The Bertz CT molecular complexity index is 1010. The van der Waals surface area contributed by atoms with E-state index >= 15 is 0 Å². The average molecular weight is 390 g/mol. The van der Waals surface area contributed by atoms with Crippen LogP contribution in [0.15, 0.2) is 43.0 Å². The van der Waals surface area contributed by atoms with Gasteiger partial charge in [0.15, 0.2) is 0 Å². The summed E-state index contributed by atoms with van der Waals surface area (Å²) < 4.78 is 0. The molecule has 4 rings (SSSR count). The van der Waals surface area contributed by atoms with Crippen molar-refractivity contribution >= 4 is 22.8 Å².